The summed E-state index contributed by atoms with van der Waals surface area (Å²) in [4.78, 5) is 15.4. The van der Waals surface area contributed by atoms with Crippen molar-refractivity contribution in [1.82, 2.24) is 14.9 Å². The van der Waals surface area contributed by atoms with Crippen LogP contribution < -0.4 is 20.3 Å². The highest BCUT2D eigenvalue weighted by atomic mass is 19.4. The molecule has 7 nitrogen and oxygen atoms in total. The Morgan fingerprint density at radius 1 is 1.00 bits per heavy atom. The zero-order valence-corrected chi connectivity index (χ0v) is 20.0. The Morgan fingerprint density at radius 3 is 2.29 bits per heavy atom. The summed E-state index contributed by atoms with van der Waals surface area (Å²) in [7, 11) is 4.88. The molecule has 2 N–H and O–H groups in total. The molecule has 1 aliphatic rings. The molecule has 0 saturated carbocycles. The van der Waals surface area contributed by atoms with Crippen molar-refractivity contribution in [2.24, 2.45) is 0 Å². The van der Waals surface area contributed by atoms with E-state index >= 15 is 0 Å². The minimum absolute atomic E-state index is 0.0811. The molecule has 35 heavy (non-hydrogen) atoms. The lowest BCUT2D eigenvalue weighted by molar-refractivity contribution is -0.137. The number of hydrogen-bond acceptors (Lipinski definition) is 7. The molecule has 3 aromatic rings. The van der Waals surface area contributed by atoms with E-state index in [0.717, 1.165) is 44.9 Å². The van der Waals surface area contributed by atoms with Gasteiger partial charge in [0.05, 0.1) is 18.2 Å². The molecule has 0 aliphatic carbocycles. The smallest absolute Gasteiger partial charge is 0.416 e. The molecule has 2 aromatic carbocycles. The third-order valence-corrected chi connectivity index (χ3v) is 5.99. The minimum atomic E-state index is -4.53. The number of methoxy groups -OCH3 is 1. The Hall–Kier alpha value is -3.53. The van der Waals surface area contributed by atoms with Crippen molar-refractivity contribution >= 4 is 17.6 Å². The first kappa shape index (κ1) is 24.6. The highest BCUT2D eigenvalue weighted by Gasteiger charge is 2.32. The van der Waals surface area contributed by atoms with Crippen LogP contribution in [0.3, 0.4) is 0 Å². The van der Waals surface area contributed by atoms with Crippen molar-refractivity contribution in [3.05, 3.63) is 59.7 Å². The van der Waals surface area contributed by atoms with Crippen molar-refractivity contribution < 1.29 is 17.9 Å². The largest absolute Gasteiger partial charge is 0.497 e. The van der Waals surface area contributed by atoms with E-state index in [0.29, 0.717) is 17.3 Å². The number of benzene rings is 2. The van der Waals surface area contributed by atoms with E-state index in [2.05, 4.69) is 26.9 Å². The molecule has 4 rings (SSSR count). The summed E-state index contributed by atoms with van der Waals surface area (Å²) in [6.07, 6.45) is -4.53. The van der Waals surface area contributed by atoms with Crippen LogP contribution in [-0.2, 0) is 12.7 Å². The zero-order valence-electron chi connectivity index (χ0n) is 20.0. The lowest BCUT2D eigenvalue weighted by Gasteiger charge is -2.35. The molecule has 1 fully saturated rings. The van der Waals surface area contributed by atoms with E-state index in [1.165, 1.54) is 18.7 Å². The van der Waals surface area contributed by atoms with Gasteiger partial charge in [-0.1, -0.05) is 30.3 Å². The van der Waals surface area contributed by atoms with Crippen molar-refractivity contribution in [3.63, 3.8) is 0 Å². The lowest BCUT2D eigenvalue weighted by atomic mass is 10.0. The number of hydrogen-bond donors (Lipinski definition) is 1. The van der Waals surface area contributed by atoms with E-state index in [9.17, 15) is 13.2 Å². The number of anilines is 3. The molecule has 0 radical (unpaired) electrons. The number of halogens is 3. The molecule has 0 atom stereocenters. The highest BCUT2D eigenvalue weighted by molar-refractivity contribution is 5.86. The number of piperazine rings is 1. The molecule has 0 spiro atoms. The molecule has 0 amide bonds. The molecule has 1 aliphatic heterocycles. The fraction of sp³-hybridized carbons (Fsp3) is 0.360. The van der Waals surface area contributed by atoms with Crippen LogP contribution in [0.2, 0.25) is 0 Å². The molecule has 10 heteroatoms. The molecule has 0 bridgehead atoms. The van der Waals surface area contributed by atoms with Gasteiger partial charge in [0.25, 0.3) is 0 Å². The first-order valence-corrected chi connectivity index (χ1v) is 11.3. The molecule has 1 aromatic heterocycles. The molecule has 1 saturated heterocycles. The molecular formula is C25H29F3N6O. The predicted molar refractivity (Wildman–Crippen MR) is 132 cm³/mol. The molecule has 186 valence electrons. The first-order valence-electron chi connectivity index (χ1n) is 11.3. The second kappa shape index (κ2) is 9.99. The average molecular weight is 487 g/mol. The quantitative estimate of drug-likeness (QED) is 0.562. The zero-order chi connectivity index (χ0) is 25.2. The maximum absolute atomic E-state index is 13.5. The topological polar surface area (TPSA) is 70.8 Å². The Bertz CT molecular complexity index is 1160. The van der Waals surface area contributed by atoms with Crippen molar-refractivity contribution in [2.45, 2.75) is 12.7 Å². The van der Waals surface area contributed by atoms with Gasteiger partial charge in [0.2, 0.25) is 5.95 Å². The predicted octanol–water partition coefficient (Wildman–Crippen LogP) is 4.14. The van der Waals surface area contributed by atoms with Gasteiger partial charge in [-0.2, -0.15) is 23.1 Å². The highest BCUT2D eigenvalue weighted by Crippen LogP contribution is 2.40. The summed E-state index contributed by atoms with van der Waals surface area (Å²) in [6, 6.07) is 13.8. The van der Waals surface area contributed by atoms with Gasteiger partial charge >= 0.3 is 6.18 Å². The normalized spacial score (nSPS) is 14.7. The van der Waals surface area contributed by atoms with Gasteiger partial charge < -0.3 is 20.3 Å². The fourth-order valence-electron chi connectivity index (χ4n) is 4.17. The number of rotatable bonds is 6. The first-order chi connectivity index (χ1) is 16.7. The van der Waals surface area contributed by atoms with Crippen LogP contribution in [0.5, 0.6) is 5.75 Å². The van der Waals surface area contributed by atoms with Crippen LogP contribution in [0.15, 0.2) is 48.5 Å². The number of nitrogen functional groups attached to an aromatic ring is 1. The van der Waals surface area contributed by atoms with E-state index in [1.807, 2.05) is 18.2 Å². The lowest BCUT2D eigenvalue weighted by Crippen LogP contribution is -2.46. The Labute approximate surface area is 202 Å². The summed E-state index contributed by atoms with van der Waals surface area (Å²) in [5, 5.41) is 0. The third kappa shape index (κ3) is 5.59. The van der Waals surface area contributed by atoms with Crippen molar-refractivity contribution in [1.29, 1.82) is 0 Å². The van der Waals surface area contributed by atoms with Crippen LogP contribution in [0.4, 0.5) is 30.8 Å². The number of alkyl halides is 3. The molecule has 2 heterocycles. The monoisotopic (exact) mass is 486 g/mol. The van der Waals surface area contributed by atoms with Gasteiger partial charge in [-0.25, -0.2) is 0 Å². The van der Waals surface area contributed by atoms with Crippen LogP contribution in [0, 0.1) is 0 Å². The Morgan fingerprint density at radius 2 is 1.69 bits per heavy atom. The molecular weight excluding hydrogens is 457 g/mol. The summed E-state index contributed by atoms with van der Waals surface area (Å²) in [5.74, 6) is 1.11. The molecule has 0 unspecified atom stereocenters. The van der Waals surface area contributed by atoms with Crippen molar-refractivity contribution in [3.8, 4) is 16.9 Å². The third-order valence-electron chi connectivity index (χ3n) is 5.99. The fourth-order valence-corrected chi connectivity index (χ4v) is 4.17. The van der Waals surface area contributed by atoms with Crippen LogP contribution >= 0.6 is 0 Å². The maximum Gasteiger partial charge on any atom is 0.416 e. The van der Waals surface area contributed by atoms with Crippen molar-refractivity contribution in [2.75, 3.05) is 62.9 Å². The standard InChI is InChI=1S/C25H29F3N6O/c1-32(2)23-21(18-13-19(25(26,27)28)15-20(14-18)35-3)22(29)30-24(31-23)34-11-9-33(10-12-34)16-17-7-5-4-6-8-17/h4-8,13-15H,9-12,16H2,1-3H3,(H2,29,30,31). The number of nitrogens with zero attached hydrogens (tertiary/aromatic N) is 5. The van der Waals surface area contributed by atoms with Crippen LogP contribution in [0.25, 0.3) is 11.1 Å². The average Bonchev–Trinajstić information content (AvgIpc) is 2.83. The van der Waals surface area contributed by atoms with E-state index in [-0.39, 0.29) is 17.1 Å². The summed E-state index contributed by atoms with van der Waals surface area (Å²) in [5.41, 5.74) is 7.36. The van der Waals surface area contributed by atoms with Gasteiger partial charge in [0.15, 0.2) is 0 Å². The van der Waals surface area contributed by atoms with Gasteiger partial charge in [0, 0.05) is 46.8 Å². The SMILES string of the molecule is COc1cc(-c2c(N)nc(N3CCN(Cc4ccccc4)CC3)nc2N(C)C)cc(C(F)(F)F)c1. The summed E-state index contributed by atoms with van der Waals surface area (Å²) in [6.45, 7) is 3.98. The van der Waals surface area contributed by atoms with Gasteiger partial charge in [-0.3, -0.25) is 4.90 Å². The maximum atomic E-state index is 13.5. The number of ether oxygens (including phenoxy) is 1. The van der Waals surface area contributed by atoms with E-state index in [4.69, 9.17) is 15.5 Å². The second-order valence-corrected chi connectivity index (χ2v) is 8.70. The van der Waals surface area contributed by atoms with Gasteiger partial charge in [0.1, 0.15) is 17.4 Å². The van der Waals surface area contributed by atoms with Crippen LogP contribution in [-0.4, -0.2) is 62.3 Å². The summed E-state index contributed by atoms with van der Waals surface area (Å²) < 4.78 is 45.6. The van der Waals surface area contributed by atoms with E-state index < -0.39 is 11.7 Å². The number of nitrogens with two attached hydrogens (primary N) is 1. The van der Waals surface area contributed by atoms with Crippen LogP contribution in [0.1, 0.15) is 11.1 Å². The van der Waals surface area contributed by atoms with Gasteiger partial charge in [-0.05, 0) is 29.3 Å². The summed E-state index contributed by atoms with van der Waals surface area (Å²) >= 11 is 0. The second-order valence-electron chi connectivity index (χ2n) is 8.70. The van der Waals surface area contributed by atoms with E-state index in [1.54, 1.807) is 19.0 Å². The minimum Gasteiger partial charge on any atom is -0.497 e. The number of aromatic nitrogens is 2. The Balaban J connectivity index is 1.62. The Kier molecular flexibility index (Phi) is 7.02. The van der Waals surface area contributed by atoms with Gasteiger partial charge in [-0.15, -0.1) is 0 Å².